The Morgan fingerprint density at radius 2 is 1.74 bits per heavy atom. The summed E-state index contributed by atoms with van der Waals surface area (Å²) in [6.07, 6.45) is 1.37. The van der Waals surface area contributed by atoms with Crippen molar-refractivity contribution in [1.82, 2.24) is 10.2 Å². The number of ether oxygens (including phenoxy) is 1. The molecule has 9 nitrogen and oxygen atoms in total. The van der Waals surface area contributed by atoms with Crippen LogP contribution in [0.25, 0.3) is 6.08 Å². The van der Waals surface area contributed by atoms with Crippen LogP contribution in [0.15, 0.2) is 46.4 Å². The first kappa shape index (κ1) is 20.7. The molecule has 0 atom stereocenters. The third-order valence-corrected chi connectivity index (χ3v) is 5.22. The van der Waals surface area contributed by atoms with Crippen LogP contribution < -0.4 is 19.9 Å². The molecule has 2 aliphatic rings. The van der Waals surface area contributed by atoms with E-state index in [1.165, 1.54) is 6.08 Å². The second kappa shape index (κ2) is 8.65. The quantitative estimate of drug-likeness (QED) is 0.580. The molecule has 0 aliphatic carbocycles. The summed E-state index contributed by atoms with van der Waals surface area (Å²) in [6, 6.07) is 9.23. The first-order chi connectivity index (χ1) is 15.0. The number of imide groups is 2. The number of piperazine rings is 1. The number of amides is 4. The van der Waals surface area contributed by atoms with Crippen LogP contribution in [0.2, 0.25) is 0 Å². The molecule has 0 radical (unpaired) electrons. The number of benzene rings is 1. The lowest BCUT2D eigenvalue weighted by Crippen LogP contribution is -2.54. The van der Waals surface area contributed by atoms with E-state index in [9.17, 15) is 14.4 Å². The van der Waals surface area contributed by atoms with Crippen molar-refractivity contribution in [1.29, 1.82) is 0 Å². The van der Waals surface area contributed by atoms with Gasteiger partial charge >= 0.3 is 6.03 Å². The maximum Gasteiger partial charge on any atom is 0.335 e. The zero-order valence-electron chi connectivity index (χ0n) is 17.5. The van der Waals surface area contributed by atoms with Crippen LogP contribution in [0.1, 0.15) is 12.7 Å². The highest BCUT2D eigenvalue weighted by molar-refractivity contribution is 6.39. The lowest BCUT2D eigenvalue weighted by Gasteiger charge is -2.32. The maximum absolute atomic E-state index is 13.0. The Bertz CT molecular complexity index is 1020. The van der Waals surface area contributed by atoms with Crippen LogP contribution in [0.5, 0.6) is 5.75 Å². The van der Waals surface area contributed by atoms with Gasteiger partial charge in [0.1, 0.15) is 17.1 Å². The Hall–Kier alpha value is -3.59. The predicted molar refractivity (Wildman–Crippen MR) is 115 cm³/mol. The molecule has 0 unspecified atom stereocenters. The summed E-state index contributed by atoms with van der Waals surface area (Å²) < 4.78 is 11.2. The second-order valence-electron chi connectivity index (χ2n) is 7.35. The third-order valence-electron chi connectivity index (χ3n) is 5.22. The van der Waals surface area contributed by atoms with Gasteiger partial charge in [0.05, 0.1) is 12.3 Å². The number of barbiturate groups is 1. The normalized spacial score (nSPS) is 19.2. The molecule has 31 heavy (non-hydrogen) atoms. The van der Waals surface area contributed by atoms with E-state index < -0.39 is 17.8 Å². The second-order valence-corrected chi connectivity index (χ2v) is 7.35. The van der Waals surface area contributed by atoms with Crippen LogP contribution in [-0.2, 0) is 9.59 Å². The van der Waals surface area contributed by atoms with Gasteiger partial charge in [-0.2, -0.15) is 0 Å². The minimum atomic E-state index is -0.797. The van der Waals surface area contributed by atoms with Crippen LogP contribution >= 0.6 is 0 Å². The molecule has 3 heterocycles. The van der Waals surface area contributed by atoms with E-state index in [0.29, 0.717) is 29.7 Å². The molecule has 1 N–H and O–H groups in total. The zero-order valence-corrected chi connectivity index (χ0v) is 17.5. The largest absolute Gasteiger partial charge is 0.494 e. The topological polar surface area (TPSA) is 95.3 Å². The predicted octanol–water partition coefficient (Wildman–Crippen LogP) is 2.10. The van der Waals surface area contributed by atoms with Gasteiger partial charge in [-0.05, 0) is 50.4 Å². The molecule has 2 saturated heterocycles. The Kier molecular flexibility index (Phi) is 5.77. The minimum Gasteiger partial charge on any atom is -0.494 e. The number of hydrogen-bond donors (Lipinski definition) is 1. The average molecular weight is 424 g/mol. The van der Waals surface area contributed by atoms with Crippen molar-refractivity contribution < 1.29 is 23.5 Å². The lowest BCUT2D eigenvalue weighted by atomic mass is 10.1. The molecule has 2 aromatic rings. The summed E-state index contributed by atoms with van der Waals surface area (Å²) in [5.41, 5.74) is 0.162. The number of carbonyl (C=O) groups is 3. The van der Waals surface area contributed by atoms with Gasteiger partial charge in [0, 0.05) is 32.2 Å². The van der Waals surface area contributed by atoms with Crippen LogP contribution in [-0.4, -0.2) is 62.6 Å². The van der Waals surface area contributed by atoms with Gasteiger partial charge in [-0.3, -0.25) is 14.9 Å². The molecule has 9 heteroatoms. The van der Waals surface area contributed by atoms with Crippen LogP contribution in [0.4, 0.5) is 16.4 Å². The number of nitrogens with one attached hydrogen (secondary N) is 1. The SMILES string of the molecule is CCOc1ccc(N2C(=O)NC(=O)/C(=C\c3ccc(N4CCN(C)CC4)o3)C2=O)cc1. The molecule has 0 bridgehead atoms. The summed E-state index contributed by atoms with van der Waals surface area (Å²) in [5, 5.41) is 2.21. The molecule has 0 saturated carbocycles. The highest BCUT2D eigenvalue weighted by Crippen LogP contribution is 2.26. The molecule has 162 valence electrons. The van der Waals surface area contributed by atoms with Crippen molar-refractivity contribution in [3.63, 3.8) is 0 Å². The molecule has 2 aliphatic heterocycles. The number of nitrogens with zero attached hydrogens (tertiary/aromatic N) is 3. The van der Waals surface area contributed by atoms with E-state index in [0.717, 1.165) is 31.1 Å². The average Bonchev–Trinajstić information content (AvgIpc) is 3.22. The highest BCUT2D eigenvalue weighted by atomic mass is 16.5. The first-order valence-electron chi connectivity index (χ1n) is 10.1. The van der Waals surface area contributed by atoms with E-state index in [1.54, 1.807) is 30.3 Å². The van der Waals surface area contributed by atoms with Crippen molar-refractivity contribution >= 4 is 35.5 Å². The number of hydrogen-bond acceptors (Lipinski definition) is 7. The van der Waals surface area contributed by atoms with Gasteiger partial charge in [-0.1, -0.05) is 0 Å². The molecule has 2 fully saturated rings. The minimum absolute atomic E-state index is 0.173. The number of rotatable bonds is 5. The van der Waals surface area contributed by atoms with Crippen LogP contribution in [0, 0.1) is 0 Å². The molecule has 1 aromatic carbocycles. The number of anilines is 2. The van der Waals surface area contributed by atoms with Gasteiger partial charge < -0.3 is 19.0 Å². The molecule has 4 amide bonds. The summed E-state index contributed by atoms with van der Waals surface area (Å²) in [7, 11) is 2.07. The number of furan rings is 1. The van der Waals surface area contributed by atoms with Gasteiger partial charge in [0.25, 0.3) is 11.8 Å². The summed E-state index contributed by atoms with van der Waals surface area (Å²) in [4.78, 5) is 43.0. The van der Waals surface area contributed by atoms with E-state index in [-0.39, 0.29) is 5.57 Å². The Labute approximate surface area is 179 Å². The standard InChI is InChI=1S/C22H24N4O5/c1-3-30-16-6-4-15(5-7-16)26-21(28)18(20(27)23-22(26)29)14-17-8-9-19(31-17)25-12-10-24(2)11-13-25/h4-9,14H,3,10-13H2,1-2H3,(H,23,27,29)/b18-14+. The number of carbonyl (C=O) groups excluding carboxylic acids is 3. The van der Waals surface area contributed by atoms with Crippen molar-refractivity contribution in [3.05, 3.63) is 47.7 Å². The fraction of sp³-hybridized carbons (Fsp3) is 0.318. The number of urea groups is 1. The van der Waals surface area contributed by atoms with E-state index >= 15 is 0 Å². The van der Waals surface area contributed by atoms with Crippen molar-refractivity contribution in [2.45, 2.75) is 6.92 Å². The van der Waals surface area contributed by atoms with E-state index in [4.69, 9.17) is 9.15 Å². The van der Waals surface area contributed by atoms with E-state index in [2.05, 4.69) is 22.2 Å². The highest BCUT2D eigenvalue weighted by Gasteiger charge is 2.37. The fourth-order valence-electron chi connectivity index (χ4n) is 3.51. The molecular formula is C22H24N4O5. The lowest BCUT2D eigenvalue weighted by molar-refractivity contribution is -0.122. The monoisotopic (exact) mass is 424 g/mol. The van der Waals surface area contributed by atoms with Crippen molar-refractivity contribution in [3.8, 4) is 5.75 Å². The van der Waals surface area contributed by atoms with Crippen LogP contribution in [0.3, 0.4) is 0 Å². The number of likely N-dealkylation sites (N-methyl/N-ethyl adjacent to an activating group) is 1. The van der Waals surface area contributed by atoms with E-state index in [1.807, 2.05) is 13.0 Å². The van der Waals surface area contributed by atoms with Gasteiger partial charge in [-0.15, -0.1) is 0 Å². The smallest absolute Gasteiger partial charge is 0.335 e. The Morgan fingerprint density at radius 3 is 2.42 bits per heavy atom. The van der Waals surface area contributed by atoms with Gasteiger partial charge in [-0.25, -0.2) is 9.69 Å². The zero-order chi connectivity index (χ0) is 22.0. The van der Waals surface area contributed by atoms with Gasteiger partial charge in [0.15, 0.2) is 5.88 Å². The van der Waals surface area contributed by atoms with Gasteiger partial charge in [0.2, 0.25) is 0 Å². The Morgan fingerprint density at radius 1 is 1.03 bits per heavy atom. The molecule has 1 aromatic heterocycles. The summed E-state index contributed by atoms with van der Waals surface area (Å²) in [5.74, 6) is 0.205. The van der Waals surface area contributed by atoms with Crippen molar-refractivity contribution in [2.75, 3.05) is 49.6 Å². The fourth-order valence-corrected chi connectivity index (χ4v) is 3.51. The third kappa shape index (κ3) is 4.31. The summed E-state index contributed by atoms with van der Waals surface area (Å²) in [6.45, 7) is 5.89. The maximum atomic E-state index is 13.0. The van der Waals surface area contributed by atoms with Crippen molar-refractivity contribution in [2.24, 2.45) is 0 Å². The first-order valence-corrected chi connectivity index (χ1v) is 10.1. The Balaban J connectivity index is 1.56. The molecule has 4 rings (SSSR count). The molecule has 0 spiro atoms. The molecular weight excluding hydrogens is 400 g/mol. The summed E-state index contributed by atoms with van der Waals surface area (Å²) >= 11 is 0.